The lowest BCUT2D eigenvalue weighted by molar-refractivity contribution is 0.272. The summed E-state index contributed by atoms with van der Waals surface area (Å²) in [7, 11) is 0. The number of hydrogen-bond donors (Lipinski definition) is 1. The molecule has 3 rings (SSSR count). The first kappa shape index (κ1) is 14.2. The van der Waals surface area contributed by atoms with Crippen molar-refractivity contribution < 1.29 is 0 Å². The Morgan fingerprint density at radius 2 is 1.67 bits per heavy atom. The van der Waals surface area contributed by atoms with Gasteiger partial charge in [0.25, 0.3) is 0 Å². The average molecular weight is 281 g/mol. The van der Waals surface area contributed by atoms with E-state index in [1.807, 2.05) is 0 Å². The van der Waals surface area contributed by atoms with E-state index in [-0.39, 0.29) is 0 Å². The molecule has 2 aromatic rings. The lowest BCUT2D eigenvalue weighted by Crippen LogP contribution is -2.23. The van der Waals surface area contributed by atoms with Crippen molar-refractivity contribution in [1.82, 2.24) is 15.2 Å². The van der Waals surface area contributed by atoms with Crippen LogP contribution in [0.2, 0.25) is 0 Å². The number of nitrogens with one attached hydrogen (secondary N) is 1. The third kappa shape index (κ3) is 3.69. The maximum atomic E-state index is 4.77. The summed E-state index contributed by atoms with van der Waals surface area (Å²) in [6.45, 7) is 8.14. The Morgan fingerprint density at radius 1 is 1.00 bits per heavy atom. The van der Waals surface area contributed by atoms with E-state index in [0.29, 0.717) is 6.04 Å². The second kappa shape index (κ2) is 6.37. The van der Waals surface area contributed by atoms with Crippen molar-refractivity contribution in [2.24, 2.45) is 0 Å². The van der Waals surface area contributed by atoms with Crippen molar-refractivity contribution in [3.63, 3.8) is 0 Å². The van der Waals surface area contributed by atoms with Crippen molar-refractivity contribution in [2.45, 2.75) is 46.1 Å². The molecule has 1 aromatic carbocycles. The molecule has 1 aliphatic heterocycles. The molecule has 0 atom stereocenters. The van der Waals surface area contributed by atoms with Crippen LogP contribution < -0.4 is 5.32 Å². The lowest BCUT2D eigenvalue weighted by atomic mass is 10.1. The zero-order chi connectivity index (χ0) is 14.7. The molecule has 3 nitrogen and oxygen atoms in total. The Hall–Kier alpha value is -1.71. The number of pyridine rings is 1. The molecule has 110 valence electrons. The van der Waals surface area contributed by atoms with E-state index in [1.165, 1.54) is 11.1 Å². The molecule has 0 saturated carbocycles. The molecule has 21 heavy (non-hydrogen) atoms. The van der Waals surface area contributed by atoms with Gasteiger partial charge in [-0.1, -0.05) is 44.2 Å². The third-order valence-electron chi connectivity index (χ3n) is 3.85. The lowest BCUT2D eigenvalue weighted by Gasteiger charge is -2.15. The van der Waals surface area contributed by atoms with Crippen LogP contribution in [0.3, 0.4) is 0 Å². The Morgan fingerprint density at radius 3 is 2.33 bits per heavy atom. The van der Waals surface area contributed by atoms with Gasteiger partial charge in [0.1, 0.15) is 0 Å². The van der Waals surface area contributed by atoms with Gasteiger partial charge in [0.2, 0.25) is 0 Å². The van der Waals surface area contributed by atoms with E-state index in [0.717, 1.165) is 37.6 Å². The van der Waals surface area contributed by atoms with Gasteiger partial charge in [0.05, 0.1) is 11.4 Å². The van der Waals surface area contributed by atoms with Crippen molar-refractivity contribution in [1.29, 1.82) is 0 Å². The first-order valence-corrected chi connectivity index (χ1v) is 7.68. The predicted octanol–water partition coefficient (Wildman–Crippen LogP) is 3.10. The van der Waals surface area contributed by atoms with Crippen LogP contribution in [0.15, 0.2) is 42.5 Å². The molecule has 0 bridgehead atoms. The van der Waals surface area contributed by atoms with Gasteiger partial charge in [-0.15, -0.1) is 0 Å². The number of benzene rings is 1. The minimum absolute atomic E-state index is 0.489. The van der Waals surface area contributed by atoms with E-state index in [1.54, 1.807) is 0 Å². The van der Waals surface area contributed by atoms with Gasteiger partial charge in [-0.3, -0.25) is 9.88 Å². The minimum Gasteiger partial charge on any atom is -0.309 e. The molecule has 0 aliphatic carbocycles. The van der Waals surface area contributed by atoms with Crippen LogP contribution in [0.25, 0.3) is 0 Å². The average Bonchev–Trinajstić information content (AvgIpc) is 2.87. The molecule has 0 amide bonds. The number of fused-ring (bicyclic) bond motifs is 1. The summed E-state index contributed by atoms with van der Waals surface area (Å²) in [4.78, 5) is 7.22. The Bertz CT molecular complexity index is 582. The van der Waals surface area contributed by atoms with Crippen molar-refractivity contribution in [3.8, 4) is 0 Å². The summed E-state index contributed by atoms with van der Waals surface area (Å²) >= 11 is 0. The van der Waals surface area contributed by atoms with Gasteiger partial charge < -0.3 is 5.32 Å². The summed E-state index contributed by atoms with van der Waals surface area (Å²) in [5.41, 5.74) is 5.19. The molecule has 2 heterocycles. The fourth-order valence-corrected chi connectivity index (χ4v) is 2.77. The number of nitrogens with zero attached hydrogens (tertiary/aromatic N) is 2. The van der Waals surface area contributed by atoms with Crippen LogP contribution in [-0.4, -0.2) is 15.9 Å². The highest BCUT2D eigenvalue weighted by molar-refractivity contribution is 5.30. The first-order valence-electron chi connectivity index (χ1n) is 7.68. The summed E-state index contributed by atoms with van der Waals surface area (Å²) < 4.78 is 0. The second-order valence-corrected chi connectivity index (χ2v) is 6.07. The summed E-state index contributed by atoms with van der Waals surface area (Å²) in [5, 5.41) is 3.42. The zero-order valence-corrected chi connectivity index (χ0v) is 12.8. The molecule has 1 aliphatic rings. The highest BCUT2D eigenvalue weighted by atomic mass is 15.1. The standard InChI is InChI=1S/C18H23N3/c1-14(2)19-10-17-8-5-9-18(20-17)13-21-11-15-6-3-4-7-16(15)12-21/h3-9,14,19H,10-13H2,1-2H3. The zero-order valence-electron chi connectivity index (χ0n) is 12.8. The fraction of sp³-hybridized carbons (Fsp3) is 0.389. The second-order valence-electron chi connectivity index (χ2n) is 6.07. The van der Waals surface area contributed by atoms with Crippen LogP contribution in [0.1, 0.15) is 36.4 Å². The fourth-order valence-electron chi connectivity index (χ4n) is 2.77. The van der Waals surface area contributed by atoms with Gasteiger partial charge in [0, 0.05) is 32.2 Å². The van der Waals surface area contributed by atoms with E-state index < -0.39 is 0 Å². The topological polar surface area (TPSA) is 28.2 Å². The minimum atomic E-state index is 0.489. The predicted molar refractivity (Wildman–Crippen MR) is 85.6 cm³/mol. The van der Waals surface area contributed by atoms with E-state index in [2.05, 4.69) is 66.5 Å². The Balaban J connectivity index is 1.62. The van der Waals surface area contributed by atoms with Crippen molar-refractivity contribution in [3.05, 3.63) is 65.0 Å². The van der Waals surface area contributed by atoms with E-state index >= 15 is 0 Å². The molecule has 0 unspecified atom stereocenters. The van der Waals surface area contributed by atoms with E-state index in [9.17, 15) is 0 Å². The molecule has 0 fully saturated rings. The van der Waals surface area contributed by atoms with Crippen LogP contribution in [0.4, 0.5) is 0 Å². The van der Waals surface area contributed by atoms with Crippen molar-refractivity contribution in [2.75, 3.05) is 0 Å². The quantitative estimate of drug-likeness (QED) is 0.913. The Labute approximate surface area is 127 Å². The highest BCUT2D eigenvalue weighted by Crippen LogP contribution is 2.23. The van der Waals surface area contributed by atoms with Gasteiger partial charge in [-0.05, 0) is 23.3 Å². The van der Waals surface area contributed by atoms with Gasteiger partial charge in [-0.2, -0.15) is 0 Å². The monoisotopic (exact) mass is 281 g/mol. The van der Waals surface area contributed by atoms with Crippen LogP contribution in [-0.2, 0) is 26.2 Å². The molecule has 0 saturated heterocycles. The van der Waals surface area contributed by atoms with Gasteiger partial charge in [0.15, 0.2) is 0 Å². The molecule has 0 spiro atoms. The first-order chi connectivity index (χ1) is 10.2. The number of aromatic nitrogens is 1. The number of hydrogen-bond acceptors (Lipinski definition) is 3. The van der Waals surface area contributed by atoms with Crippen LogP contribution in [0, 0.1) is 0 Å². The summed E-state index contributed by atoms with van der Waals surface area (Å²) in [6, 6.07) is 15.5. The highest BCUT2D eigenvalue weighted by Gasteiger charge is 2.18. The largest absolute Gasteiger partial charge is 0.309 e. The number of rotatable bonds is 5. The van der Waals surface area contributed by atoms with Crippen LogP contribution in [0.5, 0.6) is 0 Å². The molecular formula is C18H23N3. The van der Waals surface area contributed by atoms with Crippen molar-refractivity contribution >= 4 is 0 Å². The summed E-state index contributed by atoms with van der Waals surface area (Å²) in [5.74, 6) is 0. The molecule has 1 aromatic heterocycles. The molecule has 3 heteroatoms. The summed E-state index contributed by atoms with van der Waals surface area (Å²) in [6.07, 6.45) is 0. The maximum Gasteiger partial charge on any atom is 0.0548 e. The van der Waals surface area contributed by atoms with Gasteiger partial charge in [-0.25, -0.2) is 0 Å². The maximum absolute atomic E-state index is 4.77. The molecular weight excluding hydrogens is 258 g/mol. The molecule has 1 N–H and O–H groups in total. The Kier molecular flexibility index (Phi) is 4.32. The SMILES string of the molecule is CC(C)NCc1cccc(CN2Cc3ccccc3C2)n1. The normalized spacial score (nSPS) is 14.6. The third-order valence-corrected chi connectivity index (χ3v) is 3.85. The van der Waals surface area contributed by atoms with E-state index in [4.69, 9.17) is 4.98 Å². The van der Waals surface area contributed by atoms with Crippen LogP contribution >= 0.6 is 0 Å². The van der Waals surface area contributed by atoms with Gasteiger partial charge >= 0.3 is 0 Å². The smallest absolute Gasteiger partial charge is 0.0548 e. The molecule has 0 radical (unpaired) electrons.